The number of rotatable bonds is 6. The lowest BCUT2D eigenvalue weighted by Crippen LogP contribution is -2.40. The summed E-state index contributed by atoms with van der Waals surface area (Å²) in [4.78, 5) is 12.2. The van der Waals surface area contributed by atoms with Gasteiger partial charge in [0.1, 0.15) is 6.54 Å². The van der Waals surface area contributed by atoms with E-state index in [2.05, 4.69) is 15.9 Å². The van der Waals surface area contributed by atoms with Gasteiger partial charge in [0.25, 0.3) is 0 Å². The third-order valence-corrected chi connectivity index (χ3v) is 2.18. The second kappa shape index (κ2) is 7.09. The van der Waals surface area contributed by atoms with Crippen LogP contribution in [0.4, 0.5) is 13.2 Å². The molecule has 0 N–H and O–H groups in total. The van der Waals surface area contributed by atoms with Gasteiger partial charge in [-0.3, -0.25) is 4.79 Å². The van der Waals surface area contributed by atoms with Crippen LogP contribution in [0.3, 0.4) is 0 Å². The molecule has 0 spiro atoms. The number of unbranched alkanes of at least 4 members (excludes halogenated alkanes) is 1. The molecule has 0 aromatic carbocycles. The van der Waals surface area contributed by atoms with Crippen LogP contribution in [0.25, 0.3) is 0 Å². The molecule has 90 valence electrons. The molecule has 0 saturated heterocycles. The van der Waals surface area contributed by atoms with E-state index in [1.165, 1.54) is 0 Å². The Morgan fingerprint density at radius 1 is 1.40 bits per heavy atom. The van der Waals surface area contributed by atoms with Crippen LogP contribution < -0.4 is 0 Å². The van der Waals surface area contributed by atoms with Crippen LogP contribution in [0, 0.1) is 0 Å². The monoisotopic (exact) mass is 289 g/mol. The molecule has 15 heavy (non-hydrogen) atoms. The molecular weight excluding hydrogens is 275 g/mol. The molecule has 0 bridgehead atoms. The summed E-state index contributed by atoms with van der Waals surface area (Å²) in [6, 6.07) is 0. The van der Waals surface area contributed by atoms with Crippen molar-refractivity contribution in [3.8, 4) is 0 Å². The lowest BCUT2D eigenvalue weighted by Gasteiger charge is -2.23. The number of amides is 1. The Labute approximate surface area is 95.9 Å². The minimum absolute atomic E-state index is 0.0993. The van der Waals surface area contributed by atoms with Crippen molar-refractivity contribution in [2.75, 3.05) is 18.4 Å². The minimum Gasteiger partial charge on any atom is -0.333 e. The van der Waals surface area contributed by atoms with Gasteiger partial charge in [0.05, 0.1) is 0 Å². The van der Waals surface area contributed by atoms with Gasteiger partial charge in [-0.1, -0.05) is 29.3 Å². The van der Waals surface area contributed by atoms with Gasteiger partial charge in [0.2, 0.25) is 5.91 Å². The summed E-state index contributed by atoms with van der Waals surface area (Å²) < 4.78 is 36.3. The fourth-order valence-corrected chi connectivity index (χ4v) is 1.52. The first-order chi connectivity index (χ1) is 6.90. The normalized spacial score (nSPS) is 11.5. The summed E-state index contributed by atoms with van der Waals surface area (Å²) in [5.41, 5.74) is 0. The van der Waals surface area contributed by atoms with E-state index in [0.717, 1.165) is 11.3 Å². The molecule has 0 fully saturated rings. The summed E-state index contributed by atoms with van der Waals surface area (Å²) in [6.45, 7) is 0.842. The third kappa shape index (κ3) is 7.64. The van der Waals surface area contributed by atoms with Gasteiger partial charge >= 0.3 is 6.18 Å². The predicted octanol–water partition coefficient (Wildman–Crippen LogP) is 2.96. The summed E-state index contributed by atoms with van der Waals surface area (Å²) in [7, 11) is 0. The van der Waals surface area contributed by atoms with Crippen molar-refractivity contribution in [1.82, 2.24) is 4.90 Å². The van der Waals surface area contributed by atoms with Crippen molar-refractivity contribution < 1.29 is 18.0 Å². The van der Waals surface area contributed by atoms with Gasteiger partial charge in [-0.15, -0.1) is 0 Å². The Morgan fingerprint density at radius 3 is 2.40 bits per heavy atom. The average molecular weight is 290 g/mol. The van der Waals surface area contributed by atoms with Crippen molar-refractivity contribution in [2.24, 2.45) is 0 Å². The second-order valence-electron chi connectivity index (χ2n) is 3.22. The minimum atomic E-state index is -4.32. The SMILES string of the molecule is CCCCC(=O)N(CCBr)CC(F)(F)F. The fourth-order valence-electron chi connectivity index (χ4n) is 1.10. The predicted molar refractivity (Wildman–Crippen MR) is 56.0 cm³/mol. The number of hydrogen-bond acceptors (Lipinski definition) is 1. The average Bonchev–Trinajstić information content (AvgIpc) is 2.11. The van der Waals surface area contributed by atoms with E-state index in [1.807, 2.05) is 6.92 Å². The summed E-state index contributed by atoms with van der Waals surface area (Å²) in [6.07, 6.45) is -2.68. The highest BCUT2D eigenvalue weighted by Gasteiger charge is 2.32. The molecule has 1 amide bonds. The van der Waals surface area contributed by atoms with Gasteiger partial charge < -0.3 is 4.90 Å². The number of nitrogens with zero attached hydrogens (tertiary/aromatic N) is 1. The van der Waals surface area contributed by atoms with Crippen molar-refractivity contribution in [1.29, 1.82) is 0 Å². The van der Waals surface area contributed by atoms with Gasteiger partial charge in [-0.25, -0.2) is 0 Å². The van der Waals surface area contributed by atoms with Crippen molar-refractivity contribution >= 4 is 21.8 Å². The summed E-state index contributed by atoms with van der Waals surface area (Å²) in [5.74, 6) is -0.423. The largest absolute Gasteiger partial charge is 0.406 e. The zero-order chi connectivity index (χ0) is 11.9. The highest BCUT2D eigenvalue weighted by Crippen LogP contribution is 2.17. The molecule has 0 aliphatic rings. The van der Waals surface area contributed by atoms with Crippen LogP contribution in [0.2, 0.25) is 0 Å². The molecule has 0 radical (unpaired) electrons. The van der Waals surface area contributed by atoms with Gasteiger partial charge in [0, 0.05) is 18.3 Å². The highest BCUT2D eigenvalue weighted by atomic mass is 79.9. The van der Waals surface area contributed by atoms with Crippen LogP contribution in [-0.2, 0) is 4.79 Å². The first-order valence-corrected chi connectivity index (χ1v) is 5.93. The quantitative estimate of drug-likeness (QED) is 0.689. The zero-order valence-corrected chi connectivity index (χ0v) is 10.2. The van der Waals surface area contributed by atoms with Crippen LogP contribution in [0.15, 0.2) is 0 Å². The Morgan fingerprint density at radius 2 is 2.00 bits per heavy atom. The highest BCUT2D eigenvalue weighted by molar-refractivity contribution is 9.09. The first-order valence-electron chi connectivity index (χ1n) is 4.81. The topological polar surface area (TPSA) is 20.3 Å². The van der Waals surface area contributed by atoms with Crippen LogP contribution in [0.1, 0.15) is 26.2 Å². The van der Waals surface area contributed by atoms with Crippen LogP contribution in [0.5, 0.6) is 0 Å². The third-order valence-electron chi connectivity index (χ3n) is 1.82. The molecule has 0 saturated carbocycles. The van der Waals surface area contributed by atoms with Gasteiger partial charge in [-0.2, -0.15) is 13.2 Å². The lowest BCUT2D eigenvalue weighted by molar-refractivity contribution is -0.160. The number of carbonyl (C=O) groups is 1. The molecule has 6 heteroatoms. The molecule has 0 aromatic heterocycles. The Balaban J connectivity index is 4.18. The maximum atomic E-state index is 12.1. The van der Waals surface area contributed by atoms with E-state index in [0.29, 0.717) is 11.8 Å². The molecule has 0 aliphatic heterocycles. The number of hydrogen-bond donors (Lipinski definition) is 0. The lowest BCUT2D eigenvalue weighted by atomic mass is 10.2. The summed E-state index contributed by atoms with van der Waals surface area (Å²) in [5, 5.41) is 0.362. The number of halogens is 4. The standard InChI is InChI=1S/C9H15BrF3NO/c1-2-3-4-8(15)14(6-5-10)7-9(11,12)13/h2-7H2,1H3. The van der Waals surface area contributed by atoms with Crippen molar-refractivity contribution in [2.45, 2.75) is 32.4 Å². The molecule has 0 heterocycles. The number of carbonyl (C=O) groups excluding carboxylic acids is 1. The van der Waals surface area contributed by atoms with Gasteiger partial charge in [0.15, 0.2) is 0 Å². The Bertz CT molecular complexity index is 196. The Kier molecular flexibility index (Phi) is 6.96. The van der Waals surface area contributed by atoms with Crippen LogP contribution in [-0.4, -0.2) is 35.4 Å². The van der Waals surface area contributed by atoms with Crippen molar-refractivity contribution in [3.05, 3.63) is 0 Å². The van der Waals surface area contributed by atoms with E-state index in [-0.39, 0.29) is 13.0 Å². The molecule has 0 aromatic rings. The smallest absolute Gasteiger partial charge is 0.333 e. The van der Waals surface area contributed by atoms with E-state index < -0.39 is 18.6 Å². The van der Waals surface area contributed by atoms with E-state index in [4.69, 9.17) is 0 Å². The van der Waals surface area contributed by atoms with E-state index in [9.17, 15) is 18.0 Å². The maximum Gasteiger partial charge on any atom is 0.406 e. The van der Waals surface area contributed by atoms with E-state index in [1.54, 1.807) is 0 Å². The molecule has 0 rings (SSSR count). The molecular formula is C9H15BrF3NO. The number of alkyl halides is 4. The second-order valence-corrected chi connectivity index (χ2v) is 4.02. The zero-order valence-electron chi connectivity index (χ0n) is 8.61. The summed E-state index contributed by atoms with van der Waals surface area (Å²) >= 11 is 3.03. The van der Waals surface area contributed by atoms with E-state index >= 15 is 0 Å². The molecule has 0 unspecified atom stereocenters. The van der Waals surface area contributed by atoms with Gasteiger partial charge in [-0.05, 0) is 6.42 Å². The fraction of sp³-hybridized carbons (Fsp3) is 0.889. The van der Waals surface area contributed by atoms with Crippen molar-refractivity contribution in [3.63, 3.8) is 0 Å². The first kappa shape index (κ1) is 14.7. The van der Waals surface area contributed by atoms with Crippen LogP contribution >= 0.6 is 15.9 Å². The molecule has 2 nitrogen and oxygen atoms in total. The maximum absolute atomic E-state index is 12.1. The Hall–Kier alpha value is -0.260. The molecule has 0 atom stereocenters. The molecule has 0 aliphatic carbocycles.